The largest absolute Gasteiger partial charge is 0.369 e. The fourth-order valence-corrected chi connectivity index (χ4v) is 2.15. The molecule has 1 fully saturated rings. The summed E-state index contributed by atoms with van der Waals surface area (Å²) in [6.07, 6.45) is 7.73. The Morgan fingerprint density at radius 1 is 1.29 bits per heavy atom. The maximum atomic E-state index is 11.7. The van der Waals surface area contributed by atoms with Crippen molar-refractivity contribution >= 4 is 11.9 Å². The van der Waals surface area contributed by atoms with Crippen molar-refractivity contribution in [2.75, 3.05) is 0 Å². The number of primary amides is 1. The second-order valence-electron chi connectivity index (χ2n) is 4.37. The van der Waals surface area contributed by atoms with Crippen LogP contribution in [0, 0.1) is 5.92 Å². The molecule has 0 radical (unpaired) electrons. The van der Waals surface area contributed by atoms with E-state index in [9.17, 15) is 9.59 Å². The highest BCUT2D eigenvalue weighted by Crippen LogP contribution is 2.23. The Morgan fingerprint density at radius 2 is 2.00 bits per heavy atom. The van der Waals surface area contributed by atoms with Crippen LogP contribution in [0.3, 0.4) is 0 Å². The first kappa shape index (κ1) is 11.6. The Balaban J connectivity index is 1.82. The highest BCUT2D eigenvalue weighted by atomic mass is 16.2. The van der Waals surface area contributed by atoms with Crippen molar-refractivity contribution in [1.82, 2.24) is 14.9 Å². The van der Waals surface area contributed by atoms with Crippen LogP contribution in [0.2, 0.25) is 0 Å². The van der Waals surface area contributed by atoms with Crippen LogP contribution < -0.4 is 11.1 Å². The summed E-state index contributed by atoms with van der Waals surface area (Å²) in [5.41, 5.74) is 5.25. The number of amides is 2. The third-order valence-corrected chi connectivity index (χ3v) is 3.20. The van der Waals surface area contributed by atoms with Crippen LogP contribution in [0.15, 0.2) is 18.7 Å². The summed E-state index contributed by atoms with van der Waals surface area (Å²) in [5, 5.41) is 2.91. The minimum absolute atomic E-state index is 0.0311. The van der Waals surface area contributed by atoms with Crippen LogP contribution in [0.25, 0.3) is 0 Å². The Kier molecular flexibility index (Phi) is 3.41. The minimum Gasteiger partial charge on any atom is -0.369 e. The van der Waals surface area contributed by atoms with Crippen molar-refractivity contribution in [2.45, 2.75) is 31.7 Å². The number of nitrogens with zero attached hydrogens (tertiary/aromatic N) is 2. The lowest BCUT2D eigenvalue weighted by Crippen LogP contribution is -2.41. The fourth-order valence-electron chi connectivity index (χ4n) is 2.15. The van der Waals surface area contributed by atoms with Gasteiger partial charge in [0.05, 0.1) is 0 Å². The lowest BCUT2D eigenvalue weighted by molar-refractivity contribution is -0.122. The molecule has 0 spiro atoms. The zero-order valence-corrected chi connectivity index (χ0v) is 9.50. The average Bonchev–Trinajstić information content (AvgIpc) is 2.83. The molecule has 0 bridgehead atoms. The van der Waals surface area contributed by atoms with E-state index in [0.717, 1.165) is 25.7 Å². The summed E-state index contributed by atoms with van der Waals surface area (Å²) < 4.78 is 1.40. The highest BCUT2D eigenvalue weighted by molar-refractivity contribution is 5.77. The molecule has 2 amide bonds. The van der Waals surface area contributed by atoms with E-state index in [2.05, 4.69) is 10.3 Å². The van der Waals surface area contributed by atoms with Gasteiger partial charge in [-0.05, 0) is 25.7 Å². The SMILES string of the molecule is NC(=O)C1CCC(NC(=O)n2ccnc2)CC1. The first-order valence-corrected chi connectivity index (χ1v) is 5.75. The number of carbonyl (C=O) groups excluding carboxylic acids is 2. The Morgan fingerprint density at radius 3 is 2.53 bits per heavy atom. The average molecular weight is 236 g/mol. The molecule has 1 heterocycles. The number of nitrogens with two attached hydrogens (primary N) is 1. The Labute approximate surface area is 99.2 Å². The van der Waals surface area contributed by atoms with Crippen molar-refractivity contribution in [1.29, 1.82) is 0 Å². The van der Waals surface area contributed by atoms with Gasteiger partial charge in [-0.1, -0.05) is 0 Å². The van der Waals surface area contributed by atoms with Crippen LogP contribution in [0.1, 0.15) is 25.7 Å². The number of imidazole rings is 1. The maximum absolute atomic E-state index is 11.7. The highest BCUT2D eigenvalue weighted by Gasteiger charge is 2.25. The first-order valence-electron chi connectivity index (χ1n) is 5.75. The molecule has 0 aliphatic heterocycles. The van der Waals surface area contributed by atoms with Crippen molar-refractivity contribution in [3.05, 3.63) is 18.7 Å². The zero-order chi connectivity index (χ0) is 12.3. The van der Waals surface area contributed by atoms with Gasteiger partial charge in [-0.2, -0.15) is 0 Å². The molecule has 1 saturated carbocycles. The van der Waals surface area contributed by atoms with E-state index in [1.807, 2.05) is 0 Å². The molecule has 6 heteroatoms. The second kappa shape index (κ2) is 4.99. The van der Waals surface area contributed by atoms with Crippen LogP contribution in [-0.2, 0) is 4.79 Å². The second-order valence-corrected chi connectivity index (χ2v) is 4.37. The predicted molar refractivity (Wildman–Crippen MR) is 61.1 cm³/mol. The molecule has 1 aliphatic rings. The third-order valence-electron chi connectivity index (χ3n) is 3.20. The number of hydrogen-bond acceptors (Lipinski definition) is 3. The van der Waals surface area contributed by atoms with Crippen molar-refractivity contribution in [3.8, 4) is 0 Å². The van der Waals surface area contributed by atoms with Gasteiger partial charge < -0.3 is 11.1 Å². The van der Waals surface area contributed by atoms with Gasteiger partial charge in [0.1, 0.15) is 6.33 Å². The summed E-state index contributed by atoms with van der Waals surface area (Å²) >= 11 is 0. The molecule has 0 unspecified atom stereocenters. The number of carbonyl (C=O) groups is 2. The van der Waals surface area contributed by atoms with E-state index in [1.165, 1.54) is 10.9 Å². The van der Waals surface area contributed by atoms with Gasteiger partial charge in [0.15, 0.2) is 0 Å². The molecule has 0 atom stereocenters. The van der Waals surface area contributed by atoms with Crippen LogP contribution in [0.5, 0.6) is 0 Å². The summed E-state index contributed by atoms with van der Waals surface area (Å²) in [6, 6.07) is -0.0504. The number of rotatable bonds is 2. The van der Waals surface area contributed by atoms with E-state index >= 15 is 0 Å². The van der Waals surface area contributed by atoms with Crippen molar-refractivity contribution in [3.63, 3.8) is 0 Å². The summed E-state index contributed by atoms with van der Waals surface area (Å²) in [5.74, 6) is -0.263. The number of hydrogen-bond donors (Lipinski definition) is 2. The molecule has 1 aliphatic carbocycles. The normalized spacial score (nSPS) is 24.2. The van der Waals surface area contributed by atoms with Gasteiger partial charge in [-0.3, -0.25) is 9.36 Å². The summed E-state index contributed by atoms with van der Waals surface area (Å²) in [4.78, 5) is 26.5. The van der Waals surface area contributed by atoms with E-state index in [0.29, 0.717) is 0 Å². The molecule has 0 aromatic carbocycles. The molecule has 3 N–H and O–H groups in total. The predicted octanol–water partition coefficient (Wildman–Crippen LogP) is 0.485. The summed E-state index contributed by atoms with van der Waals surface area (Å²) in [6.45, 7) is 0. The lowest BCUT2D eigenvalue weighted by atomic mass is 9.86. The van der Waals surface area contributed by atoms with Gasteiger partial charge in [0.2, 0.25) is 5.91 Å². The van der Waals surface area contributed by atoms with Gasteiger partial charge in [-0.25, -0.2) is 9.78 Å². The topological polar surface area (TPSA) is 90.0 Å². The fraction of sp³-hybridized carbons (Fsp3) is 0.545. The molecule has 2 rings (SSSR count). The van der Waals surface area contributed by atoms with Gasteiger partial charge in [0, 0.05) is 24.4 Å². The molecule has 17 heavy (non-hydrogen) atoms. The van der Waals surface area contributed by atoms with Crippen molar-refractivity contribution < 1.29 is 9.59 Å². The molecular formula is C11H16N4O2. The molecule has 6 nitrogen and oxygen atoms in total. The Hall–Kier alpha value is -1.85. The van der Waals surface area contributed by atoms with Gasteiger partial charge in [0.25, 0.3) is 0 Å². The molecular weight excluding hydrogens is 220 g/mol. The summed E-state index contributed by atoms with van der Waals surface area (Å²) in [7, 11) is 0. The molecule has 1 aromatic heterocycles. The van der Waals surface area contributed by atoms with E-state index in [1.54, 1.807) is 12.4 Å². The number of nitrogens with one attached hydrogen (secondary N) is 1. The minimum atomic E-state index is -0.232. The first-order chi connectivity index (χ1) is 8.16. The molecule has 1 aromatic rings. The van der Waals surface area contributed by atoms with Gasteiger partial charge >= 0.3 is 6.03 Å². The van der Waals surface area contributed by atoms with E-state index < -0.39 is 0 Å². The van der Waals surface area contributed by atoms with Crippen LogP contribution in [-0.4, -0.2) is 27.5 Å². The monoisotopic (exact) mass is 236 g/mol. The van der Waals surface area contributed by atoms with E-state index in [-0.39, 0.29) is 23.9 Å². The van der Waals surface area contributed by atoms with Crippen molar-refractivity contribution in [2.24, 2.45) is 11.7 Å². The van der Waals surface area contributed by atoms with Gasteiger partial charge in [-0.15, -0.1) is 0 Å². The smallest absolute Gasteiger partial charge is 0.327 e. The quantitative estimate of drug-likeness (QED) is 0.782. The number of aromatic nitrogens is 2. The van der Waals surface area contributed by atoms with Crippen LogP contribution >= 0.6 is 0 Å². The molecule has 92 valence electrons. The Bertz CT molecular complexity index is 394. The standard InChI is InChI=1S/C11H16N4O2/c12-10(16)8-1-3-9(4-2-8)14-11(17)15-6-5-13-7-15/h5-9H,1-4H2,(H2,12,16)(H,14,17). The lowest BCUT2D eigenvalue weighted by Gasteiger charge is -2.27. The molecule has 0 saturated heterocycles. The van der Waals surface area contributed by atoms with Crippen LogP contribution in [0.4, 0.5) is 4.79 Å². The maximum Gasteiger partial charge on any atom is 0.327 e. The third kappa shape index (κ3) is 2.83. The zero-order valence-electron chi connectivity index (χ0n) is 9.50. The van der Waals surface area contributed by atoms with E-state index in [4.69, 9.17) is 5.73 Å².